The second-order valence-electron chi connectivity index (χ2n) is 5.44. The maximum atomic E-state index is 12.3. The standard InChI is InChI=1S/C16H16N2O4/c1-10(2)5-7-18-14(19)12-4-3-11(9-13(12)15(18)20)16(21)22-8-6-17/h3-4,9-10H,5,7-8H2,1-2H3. The summed E-state index contributed by atoms with van der Waals surface area (Å²) in [6.45, 7) is 4.03. The van der Waals surface area contributed by atoms with E-state index >= 15 is 0 Å². The van der Waals surface area contributed by atoms with E-state index in [2.05, 4.69) is 0 Å². The average molecular weight is 300 g/mol. The van der Waals surface area contributed by atoms with E-state index in [0.29, 0.717) is 18.0 Å². The van der Waals surface area contributed by atoms with E-state index in [0.717, 1.165) is 6.42 Å². The van der Waals surface area contributed by atoms with Crippen LogP contribution in [0.25, 0.3) is 0 Å². The molecule has 0 bridgehead atoms. The van der Waals surface area contributed by atoms with Crippen LogP contribution in [0, 0.1) is 17.2 Å². The number of nitrogens with zero attached hydrogens (tertiary/aromatic N) is 2. The zero-order chi connectivity index (χ0) is 16.3. The lowest BCUT2D eigenvalue weighted by Gasteiger charge is -2.14. The van der Waals surface area contributed by atoms with E-state index < -0.39 is 11.9 Å². The number of carbonyl (C=O) groups is 3. The maximum Gasteiger partial charge on any atom is 0.339 e. The fourth-order valence-electron chi connectivity index (χ4n) is 2.19. The SMILES string of the molecule is CC(C)CCN1C(=O)c2ccc(C(=O)OCC#N)cc2C1=O. The summed E-state index contributed by atoms with van der Waals surface area (Å²) in [5.41, 5.74) is 0.659. The van der Waals surface area contributed by atoms with Crippen LogP contribution in [-0.2, 0) is 4.74 Å². The predicted octanol–water partition coefficient (Wildman–Crippen LogP) is 2.01. The lowest BCUT2D eigenvalue weighted by molar-refractivity contribution is 0.0554. The topological polar surface area (TPSA) is 87.5 Å². The minimum Gasteiger partial charge on any atom is -0.447 e. The molecule has 1 heterocycles. The minimum atomic E-state index is -0.690. The Bertz CT molecular complexity index is 673. The van der Waals surface area contributed by atoms with Gasteiger partial charge in [-0.1, -0.05) is 13.8 Å². The molecule has 114 valence electrons. The van der Waals surface area contributed by atoms with Crippen molar-refractivity contribution in [3.63, 3.8) is 0 Å². The van der Waals surface area contributed by atoms with Crippen molar-refractivity contribution in [2.24, 2.45) is 5.92 Å². The van der Waals surface area contributed by atoms with Gasteiger partial charge in [-0.15, -0.1) is 0 Å². The third-order valence-corrected chi connectivity index (χ3v) is 3.40. The molecule has 22 heavy (non-hydrogen) atoms. The molecule has 2 rings (SSSR count). The number of nitriles is 1. The van der Waals surface area contributed by atoms with Crippen LogP contribution in [0.15, 0.2) is 18.2 Å². The number of ether oxygens (including phenoxy) is 1. The fraction of sp³-hybridized carbons (Fsp3) is 0.375. The molecule has 0 saturated heterocycles. The van der Waals surface area contributed by atoms with E-state index in [-0.39, 0.29) is 23.6 Å². The second kappa shape index (κ2) is 6.39. The monoisotopic (exact) mass is 300 g/mol. The summed E-state index contributed by atoms with van der Waals surface area (Å²) in [7, 11) is 0. The third-order valence-electron chi connectivity index (χ3n) is 3.40. The van der Waals surface area contributed by atoms with Gasteiger partial charge in [0, 0.05) is 6.54 Å². The molecule has 0 N–H and O–H groups in total. The van der Waals surface area contributed by atoms with Crippen molar-refractivity contribution in [1.29, 1.82) is 5.26 Å². The molecule has 0 aliphatic carbocycles. The summed E-state index contributed by atoms with van der Waals surface area (Å²) in [6.07, 6.45) is 0.725. The summed E-state index contributed by atoms with van der Waals surface area (Å²) in [5, 5.41) is 8.40. The van der Waals surface area contributed by atoms with Gasteiger partial charge >= 0.3 is 5.97 Å². The molecule has 2 amide bonds. The van der Waals surface area contributed by atoms with Gasteiger partial charge in [-0.25, -0.2) is 4.79 Å². The molecule has 1 aliphatic rings. The summed E-state index contributed by atoms with van der Waals surface area (Å²) in [5.74, 6) is -1.04. The molecule has 0 unspecified atom stereocenters. The van der Waals surface area contributed by atoms with E-state index in [9.17, 15) is 14.4 Å². The van der Waals surface area contributed by atoms with Crippen LogP contribution in [0.1, 0.15) is 51.3 Å². The Kier molecular flexibility index (Phi) is 4.56. The van der Waals surface area contributed by atoms with Crippen molar-refractivity contribution < 1.29 is 19.1 Å². The van der Waals surface area contributed by atoms with Crippen molar-refractivity contribution >= 4 is 17.8 Å². The number of amides is 2. The molecular weight excluding hydrogens is 284 g/mol. The zero-order valence-electron chi connectivity index (χ0n) is 12.5. The largest absolute Gasteiger partial charge is 0.447 e. The molecule has 0 atom stereocenters. The summed E-state index contributed by atoms with van der Waals surface area (Å²) >= 11 is 0. The van der Waals surface area contributed by atoms with Crippen LogP contribution in [-0.4, -0.2) is 35.8 Å². The first-order valence-corrected chi connectivity index (χ1v) is 7.00. The molecule has 6 nitrogen and oxygen atoms in total. The number of imide groups is 1. The van der Waals surface area contributed by atoms with E-state index in [1.165, 1.54) is 23.1 Å². The van der Waals surface area contributed by atoms with Gasteiger partial charge in [0.1, 0.15) is 6.07 Å². The first-order valence-electron chi connectivity index (χ1n) is 7.00. The van der Waals surface area contributed by atoms with Gasteiger partial charge in [0.25, 0.3) is 11.8 Å². The molecule has 0 aromatic heterocycles. The van der Waals surface area contributed by atoms with Gasteiger partial charge in [0.05, 0.1) is 16.7 Å². The number of esters is 1. The zero-order valence-corrected chi connectivity index (χ0v) is 12.5. The quantitative estimate of drug-likeness (QED) is 0.613. The number of fused-ring (bicyclic) bond motifs is 1. The first-order chi connectivity index (χ1) is 10.5. The summed E-state index contributed by atoms with van der Waals surface area (Å²) in [4.78, 5) is 37.4. The number of hydrogen-bond acceptors (Lipinski definition) is 5. The summed E-state index contributed by atoms with van der Waals surface area (Å²) < 4.78 is 4.70. The van der Waals surface area contributed by atoms with E-state index in [4.69, 9.17) is 10.00 Å². The summed E-state index contributed by atoms with van der Waals surface area (Å²) in [6, 6.07) is 5.93. The van der Waals surface area contributed by atoms with Crippen LogP contribution in [0.2, 0.25) is 0 Å². The van der Waals surface area contributed by atoms with Crippen LogP contribution in [0.3, 0.4) is 0 Å². The van der Waals surface area contributed by atoms with Gasteiger partial charge in [-0.05, 0) is 30.5 Å². The number of rotatable bonds is 5. The number of carbonyl (C=O) groups excluding carboxylic acids is 3. The smallest absolute Gasteiger partial charge is 0.339 e. The average Bonchev–Trinajstić information content (AvgIpc) is 2.74. The molecule has 1 aromatic carbocycles. The predicted molar refractivity (Wildman–Crippen MR) is 77.2 cm³/mol. The van der Waals surface area contributed by atoms with Crippen LogP contribution in [0.5, 0.6) is 0 Å². The van der Waals surface area contributed by atoms with Crippen LogP contribution >= 0.6 is 0 Å². The number of benzene rings is 1. The van der Waals surface area contributed by atoms with Crippen LogP contribution in [0.4, 0.5) is 0 Å². The molecule has 0 radical (unpaired) electrons. The fourth-order valence-corrected chi connectivity index (χ4v) is 2.19. The van der Waals surface area contributed by atoms with E-state index in [1.54, 1.807) is 6.07 Å². The molecule has 0 fully saturated rings. The molecule has 6 heteroatoms. The van der Waals surface area contributed by atoms with Crippen LogP contribution < -0.4 is 0 Å². The normalized spacial score (nSPS) is 13.3. The van der Waals surface area contributed by atoms with Crippen molar-refractivity contribution in [2.45, 2.75) is 20.3 Å². The van der Waals surface area contributed by atoms with Gasteiger partial charge < -0.3 is 4.74 Å². The van der Waals surface area contributed by atoms with E-state index in [1.807, 2.05) is 13.8 Å². The van der Waals surface area contributed by atoms with Gasteiger partial charge in [0.2, 0.25) is 0 Å². The van der Waals surface area contributed by atoms with Crippen molar-refractivity contribution in [2.75, 3.05) is 13.2 Å². The Balaban J connectivity index is 2.23. The Morgan fingerprint density at radius 2 is 1.95 bits per heavy atom. The van der Waals surface area contributed by atoms with Gasteiger partial charge in [-0.2, -0.15) is 5.26 Å². The highest BCUT2D eigenvalue weighted by molar-refractivity contribution is 6.21. The maximum absolute atomic E-state index is 12.3. The third kappa shape index (κ3) is 2.98. The van der Waals surface area contributed by atoms with Crippen molar-refractivity contribution in [1.82, 2.24) is 4.90 Å². The Morgan fingerprint density at radius 1 is 1.27 bits per heavy atom. The lowest BCUT2D eigenvalue weighted by atomic mass is 10.1. The molecular formula is C16H16N2O4. The molecule has 1 aliphatic heterocycles. The van der Waals surface area contributed by atoms with Crippen molar-refractivity contribution in [3.8, 4) is 6.07 Å². The lowest BCUT2D eigenvalue weighted by Crippen LogP contribution is -2.31. The highest BCUT2D eigenvalue weighted by Gasteiger charge is 2.35. The molecule has 0 spiro atoms. The van der Waals surface area contributed by atoms with Gasteiger partial charge in [-0.3, -0.25) is 14.5 Å². The molecule has 0 saturated carbocycles. The number of hydrogen-bond donors (Lipinski definition) is 0. The Labute approximate surface area is 128 Å². The highest BCUT2D eigenvalue weighted by Crippen LogP contribution is 2.25. The second-order valence-corrected chi connectivity index (χ2v) is 5.44. The first kappa shape index (κ1) is 15.7. The van der Waals surface area contributed by atoms with Crippen molar-refractivity contribution in [3.05, 3.63) is 34.9 Å². The molecule has 1 aromatic rings. The highest BCUT2D eigenvalue weighted by atomic mass is 16.5. The minimum absolute atomic E-state index is 0.154. The Morgan fingerprint density at radius 3 is 2.59 bits per heavy atom. The van der Waals surface area contributed by atoms with Gasteiger partial charge in [0.15, 0.2) is 6.61 Å². The Hall–Kier alpha value is -2.68.